The fraction of sp³-hybridized carbons (Fsp3) is 0. The second kappa shape index (κ2) is 3.52. The Hall–Kier alpha value is -1.84. The third-order valence-electron chi connectivity index (χ3n) is 1.24. The lowest BCUT2D eigenvalue weighted by Crippen LogP contribution is -2.02. The first-order valence-electron chi connectivity index (χ1n) is 3.31. The molecule has 1 heterocycles. The summed E-state index contributed by atoms with van der Waals surface area (Å²) in [6.45, 7) is 0. The van der Waals surface area contributed by atoms with E-state index in [2.05, 4.69) is 4.98 Å². The van der Waals surface area contributed by atoms with Gasteiger partial charge in [-0.2, -0.15) is 0 Å². The molecule has 0 aromatic carbocycles. The number of hydrogen-bond acceptors (Lipinski definition) is 3. The second-order valence-corrected chi connectivity index (χ2v) is 2.15. The van der Waals surface area contributed by atoms with E-state index in [4.69, 9.17) is 10.8 Å². The molecular formula is C8H8N2O2. The Morgan fingerprint density at radius 3 is 2.83 bits per heavy atom. The number of rotatable bonds is 2. The van der Waals surface area contributed by atoms with Crippen LogP contribution in [0.5, 0.6) is 0 Å². The van der Waals surface area contributed by atoms with Crippen LogP contribution < -0.4 is 5.73 Å². The van der Waals surface area contributed by atoms with Gasteiger partial charge in [-0.25, -0.2) is 4.79 Å². The summed E-state index contributed by atoms with van der Waals surface area (Å²) in [5, 5.41) is 8.36. The van der Waals surface area contributed by atoms with Crippen LogP contribution in [0.4, 0.5) is 0 Å². The monoisotopic (exact) mass is 164 g/mol. The molecule has 0 aliphatic carbocycles. The molecule has 3 N–H and O–H groups in total. The molecule has 0 unspecified atom stereocenters. The minimum atomic E-state index is -1.07. The average molecular weight is 164 g/mol. The SMILES string of the molecule is NC(=CC(=O)O)c1ccccn1. The first kappa shape index (κ1) is 8.26. The number of pyridine rings is 1. The van der Waals surface area contributed by atoms with Gasteiger partial charge in [-0.3, -0.25) is 4.98 Å². The van der Waals surface area contributed by atoms with E-state index in [1.807, 2.05) is 0 Å². The van der Waals surface area contributed by atoms with Crippen LogP contribution in [0.25, 0.3) is 5.70 Å². The number of carboxylic acids is 1. The molecule has 0 aliphatic heterocycles. The maximum absolute atomic E-state index is 10.2. The van der Waals surface area contributed by atoms with Crippen LogP contribution in [0.3, 0.4) is 0 Å². The van der Waals surface area contributed by atoms with Crippen molar-refractivity contribution in [3.63, 3.8) is 0 Å². The van der Waals surface area contributed by atoms with Crippen LogP contribution in [0.2, 0.25) is 0 Å². The van der Waals surface area contributed by atoms with Gasteiger partial charge < -0.3 is 10.8 Å². The van der Waals surface area contributed by atoms with Crippen molar-refractivity contribution in [3.05, 3.63) is 36.2 Å². The van der Waals surface area contributed by atoms with E-state index in [1.165, 1.54) is 0 Å². The third-order valence-corrected chi connectivity index (χ3v) is 1.24. The van der Waals surface area contributed by atoms with Crippen molar-refractivity contribution in [1.82, 2.24) is 4.98 Å². The average Bonchev–Trinajstić information content (AvgIpc) is 2.05. The fourth-order valence-electron chi connectivity index (χ4n) is 0.740. The molecule has 0 aliphatic rings. The molecule has 4 heteroatoms. The summed E-state index contributed by atoms with van der Waals surface area (Å²) in [5.41, 5.74) is 6.04. The Balaban J connectivity index is 2.93. The van der Waals surface area contributed by atoms with Gasteiger partial charge in [-0.05, 0) is 12.1 Å². The van der Waals surface area contributed by atoms with E-state index in [1.54, 1.807) is 24.4 Å². The van der Waals surface area contributed by atoms with Crippen molar-refractivity contribution in [3.8, 4) is 0 Å². The molecule has 12 heavy (non-hydrogen) atoms. The van der Waals surface area contributed by atoms with Gasteiger partial charge in [-0.1, -0.05) is 6.07 Å². The molecule has 0 saturated heterocycles. The molecule has 4 nitrogen and oxygen atoms in total. The Labute approximate surface area is 69.4 Å². The summed E-state index contributed by atoms with van der Waals surface area (Å²) in [6, 6.07) is 5.12. The van der Waals surface area contributed by atoms with E-state index >= 15 is 0 Å². The Morgan fingerprint density at radius 1 is 1.58 bits per heavy atom. The Bertz CT molecular complexity index is 306. The van der Waals surface area contributed by atoms with E-state index in [-0.39, 0.29) is 5.70 Å². The normalized spacial score (nSPS) is 11.2. The summed E-state index contributed by atoms with van der Waals surface area (Å²) in [5.74, 6) is -1.07. The lowest BCUT2D eigenvalue weighted by Gasteiger charge is -1.96. The molecule has 0 spiro atoms. The molecular weight excluding hydrogens is 156 g/mol. The quantitative estimate of drug-likeness (QED) is 0.623. The summed E-state index contributed by atoms with van der Waals surface area (Å²) in [7, 11) is 0. The van der Waals surface area contributed by atoms with E-state index in [0.717, 1.165) is 6.08 Å². The number of nitrogens with zero attached hydrogens (tertiary/aromatic N) is 1. The van der Waals surface area contributed by atoms with E-state index in [9.17, 15) is 4.79 Å². The molecule has 1 rings (SSSR count). The van der Waals surface area contributed by atoms with Crippen molar-refractivity contribution >= 4 is 11.7 Å². The molecule has 0 amide bonds. The number of nitrogens with two attached hydrogens (primary N) is 1. The zero-order valence-corrected chi connectivity index (χ0v) is 6.27. The van der Waals surface area contributed by atoms with E-state index in [0.29, 0.717) is 5.69 Å². The smallest absolute Gasteiger partial charge is 0.330 e. The second-order valence-electron chi connectivity index (χ2n) is 2.15. The predicted molar refractivity (Wildman–Crippen MR) is 44.0 cm³/mol. The van der Waals surface area contributed by atoms with E-state index < -0.39 is 5.97 Å². The van der Waals surface area contributed by atoms with Crippen molar-refractivity contribution in [2.75, 3.05) is 0 Å². The lowest BCUT2D eigenvalue weighted by molar-refractivity contribution is -0.131. The maximum Gasteiger partial charge on any atom is 0.330 e. The number of carbonyl (C=O) groups is 1. The maximum atomic E-state index is 10.2. The zero-order valence-electron chi connectivity index (χ0n) is 6.27. The van der Waals surface area contributed by atoms with Crippen LogP contribution in [0.15, 0.2) is 30.5 Å². The van der Waals surface area contributed by atoms with Crippen molar-refractivity contribution < 1.29 is 9.90 Å². The Morgan fingerprint density at radius 2 is 2.33 bits per heavy atom. The highest BCUT2D eigenvalue weighted by Gasteiger charge is 1.98. The first-order chi connectivity index (χ1) is 5.70. The number of aliphatic carboxylic acids is 1. The first-order valence-corrected chi connectivity index (χ1v) is 3.31. The molecule has 0 radical (unpaired) electrons. The zero-order chi connectivity index (χ0) is 8.97. The van der Waals surface area contributed by atoms with Gasteiger partial charge in [0.1, 0.15) is 0 Å². The van der Waals surface area contributed by atoms with Crippen LogP contribution >= 0.6 is 0 Å². The van der Waals surface area contributed by atoms with Gasteiger partial charge >= 0.3 is 5.97 Å². The summed E-state index contributed by atoms with van der Waals surface area (Å²) in [4.78, 5) is 14.1. The third kappa shape index (κ3) is 2.09. The van der Waals surface area contributed by atoms with Crippen LogP contribution in [-0.4, -0.2) is 16.1 Å². The summed E-state index contributed by atoms with van der Waals surface area (Å²) < 4.78 is 0. The number of aromatic nitrogens is 1. The topological polar surface area (TPSA) is 76.2 Å². The highest BCUT2D eigenvalue weighted by molar-refractivity contribution is 5.88. The summed E-state index contributed by atoms with van der Waals surface area (Å²) in [6.07, 6.45) is 2.47. The van der Waals surface area contributed by atoms with Crippen LogP contribution in [0.1, 0.15) is 5.69 Å². The fourth-order valence-corrected chi connectivity index (χ4v) is 0.740. The largest absolute Gasteiger partial charge is 0.478 e. The summed E-state index contributed by atoms with van der Waals surface area (Å²) >= 11 is 0. The lowest BCUT2D eigenvalue weighted by atomic mass is 10.3. The van der Waals surface area contributed by atoms with Crippen molar-refractivity contribution in [2.24, 2.45) is 5.73 Å². The van der Waals surface area contributed by atoms with Gasteiger partial charge in [0, 0.05) is 12.3 Å². The minimum Gasteiger partial charge on any atom is -0.478 e. The van der Waals surface area contributed by atoms with Gasteiger partial charge in [0.15, 0.2) is 0 Å². The molecule has 0 fully saturated rings. The van der Waals surface area contributed by atoms with Gasteiger partial charge in [0.05, 0.1) is 11.4 Å². The number of hydrogen-bond donors (Lipinski definition) is 2. The highest BCUT2D eigenvalue weighted by Crippen LogP contribution is 2.02. The van der Waals surface area contributed by atoms with Crippen molar-refractivity contribution in [2.45, 2.75) is 0 Å². The number of carboxylic acid groups (broad SMARTS) is 1. The van der Waals surface area contributed by atoms with Gasteiger partial charge in [0.2, 0.25) is 0 Å². The molecule has 0 saturated carbocycles. The Kier molecular flexibility index (Phi) is 2.42. The predicted octanol–water partition coefficient (Wildman–Crippen LogP) is 0.466. The van der Waals surface area contributed by atoms with Crippen molar-refractivity contribution in [1.29, 1.82) is 0 Å². The highest BCUT2D eigenvalue weighted by atomic mass is 16.4. The van der Waals surface area contributed by atoms with Gasteiger partial charge in [0.25, 0.3) is 0 Å². The molecule has 0 atom stereocenters. The van der Waals surface area contributed by atoms with Gasteiger partial charge in [-0.15, -0.1) is 0 Å². The minimum absolute atomic E-state index is 0.156. The van der Waals surface area contributed by atoms with Crippen LogP contribution in [0, 0.1) is 0 Å². The standard InChI is InChI=1S/C8H8N2O2/c9-6(5-8(11)12)7-3-1-2-4-10-7/h1-5H,9H2,(H,11,12). The molecule has 0 bridgehead atoms. The molecule has 62 valence electrons. The molecule has 1 aromatic heterocycles. The molecule has 1 aromatic rings. The van der Waals surface area contributed by atoms with Crippen LogP contribution in [-0.2, 0) is 4.79 Å².